The zero-order valence-corrected chi connectivity index (χ0v) is 12.2. The third-order valence-corrected chi connectivity index (χ3v) is 4.06. The second-order valence-corrected chi connectivity index (χ2v) is 5.23. The normalized spacial score (nSPS) is 21.1. The van der Waals surface area contributed by atoms with E-state index >= 15 is 0 Å². The number of rotatable bonds is 5. The Morgan fingerprint density at radius 2 is 2.16 bits per heavy atom. The van der Waals surface area contributed by atoms with E-state index in [-0.39, 0.29) is 0 Å². The van der Waals surface area contributed by atoms with Gasteiger partial charge in [0.15, 0.2) is 0 Å². The van der Waals surface area contributed by atoms with E-state index in [1.807, 2.05) is 12.3 Å². The average Bonchev–Trinajstić information content (AvgIpc) is 2.90. The van der Waals surface area contributed by atoms with Gasteiger partial charge in [0.2, 0.25) is 0 Å². The van der Waals surface area contributed by atoms with E-state index in [9.17, 15) is 5.11 Å². The molecule has 0 bridgehead atoms. The number of aliphatic hydroxyl groups is 1. The van der Waals surface area contributed by atoms with Crippen molar-refractivity contribution in [1.29, 1.82) is 0 Å². The van der Waals surface area contributed by atoms with Crippen LogP contribution in [-0.4, -0.2) is 47.2 Å². The highest BCUT2D eigenvalue weighted by molar-refractivity contribution is 5.46. The molecule has 2 heterocycles. The summed E-state index contributed by atoms with van der Waals surface area (Å²) in [4.78, 5) is 9.24. The van der Waals surface area contributed by atoms with E-state index < -0.39 is 6.10 Å². The Hall–Kier alpha value is -1.13. The molecule has 1 aromatic heterocycles. The monoisotopic (exact) mass is 263 g/mol. The van der Waals surface area contributed by atoms with Crippen LogP contribution in [0.2, 0.25) is 0 Å². The SMILES string of the molecule is CCN(CC)C1CCN(c2ccc(C(C)O)nc2)C1. The highest BCUT2D eigenvalue weighted by Gasteiger charge is 2.26. The summed E-state index contributed by atoms with van der Waals surface area (Å²) in [5.41, 5.74) is 1.90. The molecule has 4 nitrogen and oxygen atoms in total. The first-order chi connectivity index (χ1) is 9.15. The number of aliphatic hydroxyl groups excluding tert-OH is 1. The van der Waals surface area contributed by atoms with Crippen LogP contribution in [0.4, 0.5) is 5.69 Å². The van der Waals surface area contributed by atoms with Gasteiger partial charge in [-0.15, -0.1) is 0 Å². The number of likely N-dealkylation sites (N-methyl/N-ethyl adjacent to an activating group) is 1. The van der Waals surface area contributed by atoms with Gasteiger partial charge in [-0.2, -0.15) is 0 Å². The first-order valence-corrected chi connectivity index (χ1v) is 7.28. The van der Waals surface area contributed by atoms with Gasteiger partial charge in [-0.05, 0) is 38.6 Å². The quantitative estimate of drug-likeness (QED) is 0.882. The van der Waals surface area contributed by atoms with Gasteiger partial charge in [0.05, 0.1) is 23.7 Å². The molecule has 1 N–H and O–H groups in total. The largest absolute Gasteiger partial charge is 0.387 e. The Morgan fingerprint density at radius 1 is 1.42 bits per heavy atom. The van der Waals surface area contributed by atoms with Gasteiger partial charge in [-0.3, -0.25) is 9.88 Å². The van der Waals surface area contributed by atoms with Crippen LogP contribution in [0.15, 0.2) is 18.3 Å². The van der Waals surface area contributed by atoms with Crippen molar-refractivity contribution >= 4 is 5.69 Å². The summed E-state index contributed by atoms with van der Waals surface area (Å²) < 4.78 is 0. The van der Waals surface area contributed by atoms with Gasteiger partial charge in [-0.25, -0.2) is 0 Å². The molecular formula is C15H25N3O. The molecule has 4 heteroatoms. The fourth-order valence-corrected chi connectivity index (χ4v) is 2.85. The molecule has 0 amide bonds. The first kappa shape index (κ1) is 14.3. The summed E-state index contributed by atoms with van der Waals surface area (Å²) in [5.74, 6) is 0. The van der Waals surface area contributed by atoms with Gasteiger partial charge in [0, 0.05) is 19.1 Å². The van der Waals surface area contributed by atoms with Crippen molar-refractivity contribution in [2.45, 2.75) is 39.3 Å². The molecule has 2 atom stereocenters. The predicted octanol–water partition coefficient (Wildman–Crippen LogP) is 2.06. The molecule has 0 saturated carbocycles. The zero-order chi connectivity index (χ0) is 13.8. The van der Waals surface area contributed by atoms with E-state index in [4.69, 9.17) is 0 Å². The first-order valence-electron chi connectivity index (χ1n) is 7.28. The summed E-state index contributed by atoms with van der Waals surface area (Å²) in [5, 5.41) is 9.48. The third kappa shape index (κ3) is 3.25. The number of pyridine rings is 1. The highest BCUT2D eigenvalue weighted by atomic mass is 16.3. The van der Waals surface area contributed by atoms with E-state index in [2.05, 4.69) is 34.7 Å². The number of hydrogen-bond acceptors (Lipinski definition) is 4. The van der Waals surface area contributed by atoms with Gasteiger partial charge in [-0.1, -0.05) is 13.8 Å². The number of anilines is 1. The van der Waals surface area contributed by atoms with Crippen molar-refractivity contribution in [3.63, 3.8) is 0 Å². The van der Waals surface area contributed by atoms with Crippen molar-refractivity contribution in [3.8, 4) is 0 Å². The maximum atomic E-state index is 9.48. The summed E-state index contributed by atoms with van der Waals surface area (Å²) in [6.07, 6.45) is 2.61. The molecule has 1 fully saturated rings. The third-order valence-electron chi connectivity index (χ3n) is 4.06. The molecule has 0 spiro atoms. The second-order valence-electron chi connectivity index (χ2n) is 5.23. The standard InChI is InChI=1S/C15H25N3O/c1-4-17(5-2)14-8-9-18(11-14)13-6-7-15(12(3)19)16-10-13/h6-7,10,12,14,19H,4-5,8-9,11H2,1-3H3. The lowest BCUT2D eigenvalue weighted by atomic mass is 10.2. The Balaban J connectivity index is 2.00. The van der Waals surface area contributed by atoms with Gasteiger partial charge in [0.25, 0.3) is 0 Å². The van der Waals surface area contributed by atoms with Crippen LogP contribution in [0.5, 0.6) is 0 Å². The molecule has 19 heavy (non-hydrogen) atoms. The summed E-state index contributed by atoms with van der Waals surface area (Å²) in [6, 6.07) is 4.65. The summed E-state index contributed by atoms with van der Waals surface area (Å²) in [7, 11) is 0. The fraction of sp³-hybridized carbons (Fsp3) is 0.667. The summed E-state index contributed by atoms with van der Waals surface area (Å²) >= 11 is 0. The lowest BCUT2D eigenvalue weighted by Crippen LogP contribution is -2.37. The molecular weight excluding hydrogens is 238 g/mol. The molecule has 0 aliphatic carbocycles. The average molecular weight is 263 g/mol. The van der Waals surface area contributed by atoms with Crippen molar-refractivity contribution in [1.82, 2.24) is 9.88 Å². The number of aromatic nitrogens is 1. The van der Waals surface area contributed by atoms with Crippen LogP contribution in [0, 0.1) is 0 Å². The maximum absolute atomic E-state index is 9.48. The van der Waals surface area contributed by atoms with E-state index in [1.54, 1.807) is 6.92 Å². The fourth-order valence-electron chi connectivity index (χ4n) is 2.85. The Bertz CT molecular complexity index is 387. The van der Waals surface area contributed by atoms with E-state index in [0.29, 0.717) is 6.04 Å². The van der Waals surface area contributed by atoms with Crippen LogP contribution < -0.4 is 4.90 Å². The molecule has 1 aliphatic heterocycles. The minimum Gasteiger partial charge on any atom is -0.387 e. The van der Waals surface area contributed by atoms with Crippen molar-refractivity contribution in [3.05, 3.63) is 24.0 Å². The number of nitrogens with zero attached hydrogens (tertiary/aromatic N) is 3. The molecule has 0 aromatic carbocycles. The lowest BCUT2D eigenvalue weighted by molar-refractivity contribution is 0.194. The Labute approximate surface area is 116 Å². The van der Waals surface area contributed by atoms with Gasteiger partial charge < -0.3 is 10.0 Å². The molecule has 1 aliphatic rings. The van der Waals surface area contributed by atoms with E-state index in [0.717, 1.165) is 31.9 Å². The van der Waals surface area contributed by atoms with Crippen molar-refractivity contribution < 1.29 is 5.11 Å². The van der Waals surface area contributed by atoms with E-state index in [1.165, 1.54) is 12.1 Å². The second kappa shape index (κ2) is 6.35. The van der Waals surface area contributed by atoms with Crippen LogP contribution in [0.25, 0.3) is 0 Å². The van der Waals surface area contributed by atoms with Crippen LogP contribution >= 0.6 is 0 Å². The van der Waals surface area contributed by atoms with Gasteiger partial charge in [0.1, 0.15) is 0 Å². The minimum atomic E-state index is -0.490. The Kier molecular flexibility index (Phi) is 4.77. The molecule has 0 radical (unpaired) electrons. The van der Waals surface area contributed by atoms with Gasteiger partial charge >= 0.3 is 0 Å². The lowest BCUT2D eigenvalue weighted by Gasteiger charge is -2.26. The smallest absolute Gasteiger partial charge is 0.0931 e. The van der Waals surface area contributed by atoms with Crippen LogP contribution in [-0.2, 0) is 0 Å². The van der Waals surface area contributed by atoms with Crippen LogP contribution in [0.1, 0.15) is 39.0 Å². The van der Waals surface area contributed by atoms with Crippen molar-refractivity contribution in [2.24, 2.45) is 0 Å². The number of hydrogen-bond donors (Lipinski definition) is 1. The Morgan fingerprint density at radius 3 is 2.68 bits per heavy atom. The molecule has 106 valence electrons. The maximum Gasteiger partial charge on any atom is 0.0931 e. The highest BCUT2D eigenvalue weighted by Crippen LogP contribution is 2.23. The predicted molar refractivity (Wildman–Crippen MR) is 78.4 cm³/mol. The minimum absolute atomic E-state index is 0.490. The molecule has 1 saturated heterocycles. The zero-order valence-electron chi connectivity index (χ0n) is 12.2. The summed E-state index contributed by atoms with van der Waals surface area (Å²) in [6.45, 7) is 10.6. The molecule has 2 unspecified atom stereocenters. The van der Waals surface area contributed by atoms with Crippen LogP contribution in [0.3, 0.4) is 0 Å². The topological polar surface area (TPSA) is 39.6 Å². The molecule has 1 aromatic rings. The molecule has 2 rings (SSSR count). The van der Waals surface area contributed by atoms with Crippen molar-refractivity contribution in [2.75, 3.05) is 31.1 Å².